The first-order chi connectivity index (χ1) is 16.6. The number of hydrogen-bond donors (Lipinski definition) is 1. The molecule has 0 bridgehead atoms. The van der Waals surface area contributed by atoms with Crippen LogP contribution in [0.1, 0.15) is 39.2 Å². The Balaban J connectivity index is 2.13. The first kappa shape index (κ1) is 28.1. The zero-order chi connectivity index (χ0) is 26.0. The van der Waals surface area contributed by atoms with E-state index in [0.29, 0.717) is 30.2 Å². The highest BCUT2D eigenvalue weighted by Gasteiger charge is 2.26. The molecule has 0 unspecified atom stereocenters. The van der Waals surface area contributed by atoms with E-state index in [2.05, 4.69) is 5.32 Å². The van der Waals surface area contributed by atoms with Gasteiger partial charge in [0.25, 0.3) is 0 Å². The number of anilines is 1. The fraction of sp³-hybridized carbons (Fsp3) is 0.440. The molecule has 192 valence electrons. The Morgan fingerprint density at radius 3 is 2.23 bits per heavy atom. The number of halogens is 1. The fourth-order valence-electron chi connectivity index (χ4n) is 3.57. The van der Waals surface area contributed by atoms with Gasteiger partial charge in [0.2, 0.25) is 21.8 Å². The van der Waals surface area contributed by atoms with Gasteiger partial charge in [-0.05, 0) is 69.2 Å². The number of benzene rings is 2. The Morgan fingerprint density at radius 1 is 1.06 bits per heavy atom. The van der Waals surface area contributed by atoms with Gasteiger partial charge in [0, 0.05) is 26.1 Å². The molecule has 0 fully saturated rings. The zero-order valence-electron chi connectivity index (χ0n) is 20.7. The van der Waals surface area contributed by atoms with Crippen molar-refractivity contribution in [3.8, 4) is 5.75 Å². The average Bonchev–Trinajstić information content (AvgIpc) is 2.81. The Labute approximate surface area is 207 Å². The largest absolute Gasteiger partial charge is 0.494 e. The average molecular weight is 508 g/mol. The van der Waals surface area contributed by atoms with Crippen LogP contribution in [0.15, 0.2) is 48.5 Å². The smallest absolute Gasteiger partial charge is 0.242 e. The number of rotatable bonds is 13. The summed E-state index contributed by atoms with van der Waals surface area (Å²) < 4.78 is 44.8. The zero-order valence-corrected chi connectivity index (χ0v) is 21.5. The van der Waals surface area contributed by atoms with Gasteiger partial charge in [0.1, 0.15) is 17.6 Å². The van der Waals surface area contributed by atoms with E-state index in [4.69, 9.17) is 4.74 Å². The third kappa shape index (κ3) is 8.54. The molecule has 0 aliphatic carbocycles. The molecule has 0 aromatic heterocycles. The first-order valence-electron chi connectivity index (χ1n) is 11.6. The van der Waals surface area contributed by atoms with Crippen molar-refractivity contribution in [2.75, 3.05) is 30.3 Å². The van der Waals surface area contributed by atoms with Gasteiger partial charge >= 0.3 is 0 Å². The number of amides is 2. The lowest BCUT2D eigenvalue weighted by molar-refractivity contribution is -0.140. The number of carbonyl (C=O) groups is 2. The van der Waals surface area contributed by atoms with Crippen LogP contribution in [0.5, 0.6) is 5.75 Å². The number of ether oxygens (including phenoxy) is 1. The second-order valence-corrected chi connectivity index (χ2v) is 9.99. The minimum Gasteiger partial charge on any atom is -0.494 e. The monoisotopic (exact) mass is 507 g/mol. The minimum absolute atomic E-state index is 0.0357. The predicted molar refractivity (Wildman–Crippen MR) is 134 cm³/mol. The molecule has 2 rings (SSSR count). The van der Waals surface area contributed by atoms with Crippen LogP contribution < -0.4 is 14.4 Å². The summed E-state index contributed by atoms with van der Waals surface area (Å²) in [6.45, 7) is 6.44. The molecule has 1 N–H and O–H groups in total. The van der Waals surface area contributed by atoms with Crippen molar-refractivity contribution < 1.29 is 27.1 Å². The Morgan fingerprint density at radius 2 is 1.69 bits per heavy atom. The topological polar surface area (TPSA) is 96.0 Å². The minimum atomic E-state index is -3.58. The molecule has 2 aromatic rings. The normalized spacial score (nSPS) is 12.0. The van der Waals surface area contributed by atoms with Gasteiger partial charge in [-0.2, -0.15) is 0 Å². The van der Waals surface area contributed by atoms with Gasteiger partial charge in [-0.3, -0.25) is 13.9 Å². The number of likely N-dealkylation sites (N-methyl/N-ethyl adjacent to an activating group) is 1. The fourth-order valence-corrected chi connectivity index (χ4v) is 4.54. The van der Waals surface area contributed by atoms with E-state index < -0.39 is 21.9 Å². The van der Waals surface area contributed by atoms with Gasteiger partial charge in [-0.1, -0.05) is 12.1 Å². The first-order valence-corrected chi connectivity index (χ1v) is 13.4. The summed E-state index contributed by atoms with van der Waals surface area (Å²) in [5.41, 5.74) is 1.16. The van der Waals surface area contributed by atoms with E-state index >= 15 is 0 Å². The molecule has 2 aromatic carbocycles. The third-order valence-corrected chi connectivity index (χ3v) is 6.57. The van der Waals surface area contributed by atoms with Gasteiger partial charge < -0.3 is 15.0 Å². The number of nitrogens with one attached hydrogen (secondary N) is 1. The van der Waals surface area contributed by atoms with E-state index in [1.54, 1.807) is 50.2 Å². The lowest BCUT2D eigenvalue weighted by atomic mass is 10.1. The standard InChI is InChI=1S/C25H34FN3O5S/c1-5-27-25(31)19(3)28(18-20-9-11-21(26)12-10-20)24(30)8-7-17-29(35(4,32)33)22-13-15-23(16-14-22)34-6-2/h9-16,19H,5-8,17-18H2,1-4H3,(H,27,31)/t19-/m0/s1. The van der Waals surface area contributed by atoms with Crippen LogP contribution in [-0.4, -0.2) is 57.1 Å². The maximum atomic E-state index is 13.3. The number of carbonyl (C=O) groups excluding carboxylic acids is 2. The highest BCUT2D eigenvalue weighted by molar-refractivity contribution is 7.92. The highest BCUT2D eigenvalue weighted by atomic mass is 32.2. The highest BCUT2D eigenvalue weighted by Crippen LogP contribution is 2.22. The molecule has 0 aliphatic rings. The summed E-state index contributed by atoms with van der Waals surface area (Å²) in [7, 11) is -3.58. The van der Waals surface area contributed by atoms with Crippen molar-refractivity contribution in [3.63, 3.8) is 0 Å². The summed E-state index contributed by atoms with van der Waals surface area (Å²) in [6, 6.07) is 11.7. The molecule has 2 amide bonds. The molecule has 0 radical (unpaired) electrons. The Bertz CT molecular complexity index is 1080. The van der Waals surface area contributed by atoms with E-state index in [-0.39, 0.29) is 37.7 Å². The molecule has 0 saturated carbocycles. The van der Waals surface area contributed by atoms with Crippen LogP contribution in [0.2, 0.25) is 0 Å². The molecule has 35 heavy (non-hydrogen) atoms. The van der Waals surface area contributed by atoms with Crippen molar-refractivity contribution in [1.29, 1.82) is 0 Å². The van der Waals surface area contributed by atoms with Crippen LogP contribution in [0.3, 0.4) is 0 Å². The molecule has 0 heterocycles. The van der Waals surface area contributed by atoms with Crippen molar-refractivity contribution >= 4 is 27.5 Å². The lowest BCUT2D eigenvalue weighted by Crippen LogP contribution is -2.47. The molecular weight excluding hydrogens is 473 g/mol. The Hall–Kier alpha value is -3.14. The summed E-state index contributed by atoms with van der Waals surface area (Å²) in [5.74, 6) is -0.349. The quantitative estimate of drug-likeness (QED) is 0.449. The van der Waals surface area contributed by atoms with Crippen LogP contribution in [0.4, 0.5) is 10.1 Å². The molecule has 0 spiro atoms. The molecule has 8 nitrogen and oxygen atoms in total. The molecule has 1 atom stereocenters. The van der Waals surface area contributed by atoms with E-state index in [1.165, 1.54) is 21.3 Å². The summed E-state index contributed by atoms with van der Waals surface area (Å²) in [6.07, 6.45) is 1.40. The summed E-state index contributed by atoms with van der Waals surface area (Å²) in [4.78, 5) is 27.0. The molecular formula is C25H34FN3O5S. The van der Waals surface area contributed by atoms with E-state index in [1.807, 2.05) is 6.92 Å². The van der Waals surface area contributed by atoms with Crippen molar-refractivity contribution in [1.82, 2.24) is 10.2 Å². The van der Waals surface area contributed by atoms with E-state index in [9.17, 15) is 22.4 Å². The Kier molecular flexibility index (Phi) is 10.5. The van der Waals surface area contributed by atoms with Gasteiger partial charge in [0.15, 0.2) is 0 Å². The summed E-state index contributed by atoms with van der Waals surface area (Å²) in [5, 5.41) is 2.71. The predicted octanol–water partition coefficient (Wildman–Crippen LogP) is 3.32. The maximum Gasteiger partial charge on any atom is 0.242 e. The van der Waals surface area contributed by atoms with Gasteiger partial charge in [-0.15, -0.1) is 0 Å². The third-order valence-electron chi connectivity index (χ3n) is 5.37. The van der Waals surface area contributed by atoms with Crippen LogP contribution in [-0.2, 0) is 26.2 Å². The SMILES string of the molecule is CCNC(=O)[C@H](C)N(Cc1ccc(F)cc1)C(=O)CCCN(c1ccc(OCC)cc1)S(C)(=O)=O. The lowest BCUT2D eigenvalue weighted by Gasteiger charge is -2.29. The van der Waals surface area contributed by atoms with E-state index in [0.717, 1.165) is 6.26 Å². The van der Waals surface area contributed by atoms with Gasteiger partial charge in [0.05, 0.1) is 18.6 Å². The van der Waals surface area contributed by atoms with Crippen LogP contribution in [0.25, 0.3) is 0 Å². The molecule has 10 heteroatoms. The molecule has 0 saturated heterocycles. The van der Waals surface area contributed by atoms with Crippen LogP contribution >= 0.6 is 0 Å². The summed E-state index contributed by atoms with van der Waals surface area (Å²) >= 11 is 0. The van der Waals surface area contributed by atoms with Gasteiger partial charge in [-0.25, -0.2) is 12.8 Å². The van der Waals surface area contributed by atoms with Crippen molar-refractivity contribution in [2.45, 2.75) is 46.2 Å². The second-order valence-electron chi connectivity index (χ2n) is 8.08. The second kappa shape index (κ2) is 13.1. The maximum absolute atomic E-state index is 13.3. The van der Waals surface area contributed by atoms with Crippen molar-refractivity contribution in [3.05, 3.63) is 59.9 Å². The van der Waals surface area contributed by atoms with Crippen molar-refractivity contribution in [2.24, 2.45) is 0 Å². The number of sulfonamides is 1. The van der Waals surface area contributed by atoms with Crippen LogP contribution in [0, 0.1) is 5.82 Å². The molecule has 0 aliphatic heterocycles. The number of nitrogens with zero attached hydrogens (tertiary/aromatic N) is 2. The number of hydrogen-bond acceptors (Lipinski definition) is 5.